The first-order valence-electron chi connectivity index (χ1n) is 6.68. The fourth-order valence-electron chi connectivity index (χ4n) is 2.21. The molecule has 108 valence electrons. The van der Waals surface area contributed by atoms with Crippen LogP contribution in [0.15, 0.2) is 41.1 Å². The fourth-order valence-corrected chi connectivity index (χ4v) is 2.21. The number of carbonyl (C=O) groups is 2. The highest BCUT2D eigenvalue weighted by Gasteiger charge is 2.35. The van der Waals surface area contributed by atoms with Crippen molar-refractivity contribution in [3.05, 3.63) is 53.7 Å². The number of furan rings is 1. The quantitative estimate of drug-likeness (QED) is 0.910. The number of aromatic nitrogens is 1. The predicted molar refractivity (Wildman–Crippen MR) is 72.8 cm³/mol. The van der Waals surface area contributed by atoms with Crippen LogP contribution in [0.4, 0.5) is 0 Å². The molecule has 2 aromatic rings. The van der Waals surface area contributed by atoms with Crippen molar-refractivity contribution in [2.75, 3.05) is 0 Å². The first-order chi connectivity index (χ1) is 10.2. The molecule has 6 nitrogen and oxygen atoms in total. The van der Waals surface area contributed by atoms with Gasteiger partial charge in [0.05, 0.1) is 18.4 Å². The smallest absolute Gasteiger partial charge is 0.338 e. The van der Waals surface area contributed by atoms with Gasteiger partial charge in [-0.3, -0.25) is 9.78 Å². The minimum Gasteiger partial charge on any atom is -0.478 e. The Balaban J connectivity index is 1.89. The third-order valence-corrected chi connectivity index (χ3v) is 3.40. The maximum absolute atomic E-state index is 12.6. The number of carboxylic acid groups (broad SMARTS) is 1. The fraction of sp³-hybridized carbons (Fsp3) is 0.267. The van der Waals surface area contributed by atoms with Crippen LogP contribution in [0.1, 0.15) is 39.4 Å². The molecule has 0 spiro atoms. The van der Waals surface area contributed by atoms with E-state index < -0.39 is 5.97 Å². The van der Waals surface area contributed by atoms with Gasteiger partial charge in [-0.15, -0.1) is 0 Å². The van der Waals surface area contributed by atoms with Crippen LogP contribution in [-0.4, -0.2) is 32.9 Å². The summed E-state index contributed by atoms with van der Waals surface area (Å²) in [5, 5.41) is 9.18. The number of carbonyl (C=O) groups excluding carboxylic acids is 1. The molecule has 6 heteroatoms. The molecule has 0 unspecified atom stereocenters. The summed E-state index contributed by atoms with van der Waals surface area (Å²) in [6, 6.07) is 6.58. The Morgan fingerprint density at radius 1 is 1.33 bits per heavy atom. The van der Waals surface area contributed by atoms with Crippen LogP contribution < -0.4 is 0 Å². The van der Waals surface area contributed by atoms with Gasteiger partial charge in [-0.05, 0) is 37.1 Å². The summed E-state index contributed by atoms with van der Waals surface area (Å²) in [5.74, 6) is -0.852. The van der Waals surface area contributed by atoms with Gasteiger partial charge in [0.1, 0.15) is 11.5 Å². The van der Waals surface area contributed by atoms with Crippen molar-refractivity contribution in [1.82, 2.24) is 9.88 Å². The zero-order valence-corrected chi connectivity index (χ0v) is 11.2. The summed E-state index contributed by atoms with van der Waals surface area (Å²) in [7, 11) is 0. The van der Waals surface area contributed by atoms with E-state index in [2.05, 4.69) is 4.98 Å². The second-order valence-electron chi connectivity index (χ2n) is 4.95. The van der Waals surface area contributed by atoms with Crippen molar-refractivity contribution in [2.45, 2.75) is 25.4 Å². The highest BCUT2D eigenvalue weighted by Crippen LogP contribution is 2.30. The Bertz CT molecular complexity index is 662. The Labute approximate surface area is 121 Å². The zero-order valence-electron chi connectivity index (χ0n) is 11.2. The standard InChI is InChI=1S/C15H14N2O4/c18-14(13-12(15(19)20)4-1-7-16-13)17(10-5-6-10)9-11-3-2-8-21-11/h1-4,7-8,10H,5-6,9H2,(H,19,20). The summed E-state index contributed by atoms with van der Waals surface area (Å²) < 4.78 is 5.28. The number of pyridine rings is 1. The largest absolute Gasteiger partial charge is 0.478 e. The van der Waals surface area contributed by atoms with Crippen molar-refractivity contribution in [3.8, 4) is 0 Å². The summed E-state index contributed by atoms with van der Waals surface area (Å²) in [6.07, 6.45) is 4.81. The van der Waals surface area contributed by atoms with Crippen LogP contribution in [0, 0.1) is 0 Å². The molecule has 1 N–H and O–H groups in total. The van der Waals surface area contributed by atoms with Gasteiger partial charge in [0.2, 0.25) is 0 Å². The van der Waals surface area contributed by atoms with E-state index in [9.17, 15) is 14.7 Å². The van der Waals surface area contributed by atoms with E-state index in [1.54, 1.807) is 23.3 Å². The van der Waals surface area contributed by atoms with Crippen molar-refractivity contribution < 1.29 is 19.1 Å². The third-order valence-electron chi connectivity index (χ3n) is 3.40. The van der Waals surface area contributed by atoms with E-state index in [-0.39, 0.29) is 23.2 Å². The lowest BCUT2D eigenvalue weighted by atomic mass is 10.1. The lowest BCUT2D eigenvalue weighted by Gasteiger charge is -2.21. The van der Waals surface area contributed by atoms with Crippen LogP contribution in [0.3, 0.4) is 0 Å². The summed E-state index contributed by atoms with van der Waals surface area (Å²) >= 11 is 0. The van der Waals surface area contributed by atoms with Gasteiger partial charge in [0.15, 0.2) is 0 Å². The molecule has 1 amide bonds. The van der Waals surface area contributed by atoms with Crippen LogP contribution in [-0.2, 0) is 6.54 Å². The molecule has 0 saturated heterocycles. The molecule has 1 fully saturated rings. The van der Waals surface area contributed by atoms with E-state index in [1.807, 2.05) is 0 Å². The molecule has 0 radical (unpaired) electrons. The first-order valence-corrected chi connectivity index (χ1v) is 6.68. The van der Waals surface area contributed by atoms with Crippen LogP contribution in [0.5, 0.6) is 0 Å². The van der Waals surface area contributed by atoms with Gasteiger partial charge in [-0.1, -0.05) is 0 Å². The van der Waals surface area contributed by atoms with Gasteiger partial charge in [0.25, 0.3) is 5.91 Å². The zero-order chi connectivity index (χ0) is 14.8. The Kier molecular flexibility index (Phi) is 3.43. The van der Waals surface area contributed by atoms with Crippen molar-refractivity contribution in [1.29, 1.82) is 0 Å². The molecule has 1 saturated carbocycles. The SMILES string of the molecule is O=C(O)c1cccnc1C(=O)N(Cc1ccco1)C1CC1. The maximum atomic E-state index is 12.6. The van der Waals surface area contributed by atoms with Crippen molar-refractivity contribution in [3.63, 3.8) is 0 Å². The van der Waals surface area contributed by atoms with Gasteiger partial charge in [-0.2, -0.15) is 0 Å². The number of hydrogen-bond donors (Lipinski definition) is 1. The van der Waals surface area contributed by atoms with Crippen molar-refractivity contribution >= 4 is 11.9 Å². The molecule has 2 aromatic heterocycles. The van der Waals surface area contributed by atoms with E-state index in [0.717, 1.165) is 12.8 Å². The summed E-state index contributed by atoms with van der Waals surface area (Å²) in [6.45, 7) is 0.326. The number of carboxylic acids is 1. The van der Waals surface area contributed by atoms with E-state index in [4.69, 9.17) is 4.42 Å². The minimum absolute atomic E-state index is 0.0246. The number of hydrogen-bond acceptors (Lipinski definition) is 4. The van der Waals surface area contributed by atoms with E-state index in [1.165, 1.54) is 18.3 Å². The highest BCUT2D eigenvalue weighted by atomic mass is 16.4. The molecular weight excluding hydrogens is 272 g/mol. The molecular formula is C15H14N2O4. The Morgan fingerprint density at radius 2 is 2.14 bits per heavy atom. The number of rotatable bonds is 5. The molecule has 1 aliphatic carbocycles. The van der Waals surface area contributed by atoms with Crippen LogP contribution >= 0.6 is 0 Å². The molecule has 0 aromatic carbocycles. The maximum Gasteiger partial charge on any atom is 0.338 e. The topological polar surface area (TPSA) is 83.6 Å². The van der Waals surface area contributed by atoms with Crippen LogP contribution in [0.2, 0.25) is 0 Å². The minimum atomic E-state index is -1.15. The second kappa shape index (κ2) is 5.40. The second-order valence-corrected chi connectivity index (χ2v) is 4.95. The summed E-state index contributed by atoms with van der Waals surface area (Å²) in [4.78, 5) is 29.4. The number of nitrogens with zero attached hydrogens (tertiary/aromatic N) is 2. The monoisotopic (exact) mass is 286 g/mol. The van der Waals surface area contributed by atoms with Gasteiger partial charge < -0.3 is 14.4 Å². The molecule has 21 heavy (non-hydrogen) atoms. The molecule has 0 bridgehead atoms. The Hall–Kier alpha value is -2.63. The molecule has 3 rings (SSSR count). The molecule has 2 heterocycles. The van der Waals surface area contributed by atoms with E-state index in [0.29, 0.717) is 12.3 Å². The summed E-state index contributed by atoms with van der Waals surface area (Å²) in [5.41, 5.74) is -0.101. The molecule has 1 aliphatic rings. The number of amides is 1. The highest BCUT2D eigenvalue weighted by molar-refractivity contribution is 6.03. The van der Waals surface area contributed by atoms with Gasteiger partial charge in [-0.25, -0.2) is 4.79 Å². The normalized spacial score (nSPS) is 13.9. The lowest BCUT2D eigenvalue weighted by molar-refractivity contribution is 0.0659. The predicted octanol–water partition coefficient (Wildman–Crippen LogP) is 2.18. The van der Waals surface area contributed by atoms with Gasteiger partial charge in [0, 0.05) is 12.2 Å². The van der Waals surface area contributed by atoms with Gasteiger partial charge >= 0.3 is 5.97 Å². The first kappa shape index (κ1) is 13.4. The molecule has 0 aliphatic heterocycles. The average Bonchev–Trinajstić information content (AvgIpc) is 3.20. The lowest BCUT2D eigenvalue weighted by Crippen LogP contribution is -2.34. The van der Waals surface area contributed by atoms with E-state index >= 15 is 0 Å². The van der Waals surface area contributed by atoms with Crippen LogP contribution in [0.25, 0.3) is 0 Å². The average molecular weight is 286 g/mol. The third kappa shape index (κ3) is 2.79. The Morgan fingerprint density at radius 3 is 2.76 bits per heavy atom. The number of aromatic carboxylic acids is 1. The molecule has 0 atom stereocenters. The van der Waals surface area contributed by atoms with Crippen molar-refractivity contribution in [2.24, 2.45) is 0 Å².